The molecule has 1 aromatic carbocycles. The average Bonchev–Trinajstić information content (AvgIpc) is 2.86. The van der Waals surface area contributed by atoms with Gasteiger partial charge in [-0.15, -0.1) is 0 Å². The van der Waals surface area contributed by atoms with Crippen LogP contribution in [0.1, 0.15) is 31.9 Å². The van der Waals surface area contributed by atoms with Gasteiger partial charge in [-0.25, -0.2) is 0 Å². The number of rotatable bonds is 3. The van der Waals surface area contributed by atoms with Gasteiger partial charge in [-0.3, -0.25) is 20.4 Å². The van der Waals surface area contributed by atoms with Crippen molar-refractivity contribution in [2.24, 2.45) is 5.73 Å². The highest BCUT2D eigenvalue weighted by Gasteiger charge is 2.22. The second-order valence-electron chi connectivity index (χ2n) is 5.85. The van der Waals surface area contributed by atoms with Crippen LogP contribution in [0, 0.1) is 10.1 Å². The van der Waals surface area contributed by atoms with Crippen molar-refractivity contribution >= 4 is 11.4 Å². The molecule has 1 heterocycles. The zero-order valence-corrected chi connectivity index (χ0v) is 11.8. The Kier molecular flexibility index (Phi) is 3.78. The summed E-state index contributed by atoms with van der Waals surface area (Å²) in [7, 11) is 0. The number of nitrogens with zero attached hydrogens (tertiary/aromatic N) is 1. The van der Waals surface area contributed by atoms with E-state index in [0.717, 1.165) is 16.8 Å². The van der Waals surface area contributed by atoms with Crippen molar-refractivity contribution in [3.8, 4) is 0 Å². The van der Waals surface area contributed by atoms with E-state index in [1.165, 1.54) is 6.07 Å². The molecule has 1 atom stereocenters. The lowest BCUT2D eigenvalue weighted by Crippen LogP contribution is -2.21. The maximum Gasteiger partial charge on any atom is 0.270 e. The molecule has 0 radical (unpaired) electrons. The number of hydrogen-bond acceptors (Lipinski definition) is 5. The van der Waals surface area contributed by atoms with Gasteiger partial charge in [0.25, 0.3) is 5.69 Å². The van der Waals surface area contributed by atoms with E-state index in [2.05, 4.69) is 5.48 Å². The van der Waals surface area contributed by atoms with Crippen molar-refractivity contribution < 1.29 is 9.76 Å². The van der Waals surface area contributed by atoms with Gasteiger partial charge in [0, 0.05) is 24.2 Å². The van der Waals surface area contributed by atoms with Crippen LogP contribution in [0.25, 0.3) is 5.70 Å². The lowest BCUT2D eigenvalue weighted by molar-refractivity contribution is -0.385. The van der Waals surface area contributed by atoms with Crippen LogP contribution in [0.4, 0.5) is 5.69 Å². The standard InChI is InChI=1S/C14H19N3O3/c1-14(2,3)10-4-9(5-11(6-10)17(18)19)13-7-12(8-15)20-16-13/h4-7,12,16H,8,15H2,1-3H3. The van der Waals surface area contributed by atoms with Crippen LogP contribution in [0.3, 0.4) is 0 Å². The van der Waals surface area contributed by atoms with Crippen molar-refractivity contribution in [3.05, 3.63) is 45.5 Å². The predicted molar refractivity (Wildman–Crippen MR) is 76.8 cm³/mol. The van der Waals surface area contributed by atoms with Gasteiger partial charge in [0.05, 0.1) is 10.6 Å². The monoisotopic (exact) mass is 277 g/mol. The minimum Gasteiger partial charge on any atom is -0.328 e. The highest BCUT2D eigenvalue weighted by molar-refractivity contribution is 5.68. The fourth-order valence-electron chi connectivity index (χ4n) is 1.97. The molecule has 0 fully saturated rings. The van der Waals surface area contributed by atoms with E-state index in [-0.39, 0.29) is 22.1 Å². The number of benzene rings is 1. The van der Waals surface area contributed by atoms with E-state index in [1.54, 1.807) is 6.07 Å². The zero-order valence-electron chi connectivity index (χ0n) is 11.8. The molecule has 1 unspecified atom stereocenters. The van der Waals surface area contributed by atoms with Gasteiger partial charge in [0.2, 0.25) is 0 Å². The van der Waals surface area contributed by atoms with E-state index < -0.39 is 0 Å². The minimum atomic E-state index is -0.379. The molecule has 0 aromatic heterocycles. The van der Waals surface area contributed by atoms with Crippen LogP contribution in [0.5, 0.6) is 0 Å². The Balaban J connectivity index is 2.48. The maximum absolute atomic E-state index is 11.1. The molecular formula is C14H19N3O3. The van der Waals surface area contributed by atoms with Crippen molar-refractivity contribution in [2.45, 2.75) is 32.3 Å². The molecule has 108 valence electrons. The molecule has 0 amide bonds. The van der Waals surface area contributed by atoms with Crippen LogP contribution < -0.4 is 11.2 Å². The lowest BCUT2D eigenvalue weighted by atomic mass is 9.85. The Morgan fingerprint density at radius 3 is 2.60 bits per heavy atom. The Hall–Kier alpha value is -1.92. The van der Waals surface area contributed by atoms with E-state index in [1.807, 2.05) is 32.9 Å². The molecule has 2 rings (SSSR count). The predicted octanol–water partition coefficient (Wildman–Crippen LogP) is 2.10. The Labute approximate surface area is 117 Å². The third-order valence-electron chi connectivity index (χ3n) is 3.21. The normalized spacial score (nSPS) is 18.6. The molecule has 1 aliphatic rings. The zero-order chi connectivity index (χ0) is 14.9. The SMILES string of the molecule is CC(C)(C)c1cc(C2=CC(CN)ON2)cc([N+](=O)[O-])c1. The molecular weight excluding hydrogens is 258 g/mol. The van der Waals surface area contributed by atoms with Crippen molar-refractivity contribution in [1.29, 1.82) is 0 Å². The van der Waals surface area contributed by atoms with Gasteiger partial charge in [0.1, 0.15) is 6.10 Å². The molecule has 0 spiro atoms. The van der Waals surface area contributed by atoms with Gasteiger partial charge in [-0.2, -0.15) is 0 Å². The third-order valence-corrected chi connectivity index (χ3v) is 3.21. The highest BCUT2D eigenvalue weighted by atomic mass is 16.7. The summed E-state index contributed by atoms with van der Waals surface area (Å²) in [5.41, 5.74) is 10.6. The summed E-state index contributed by atoms with van der Waals surface area (Å²) in [5, 5.41) is 11.1. The van der Waals surface area contributed by atoms with E-state index >= 15 is 0 Å². The Morgan fingerprint density at radius 2 is 2.10 bits per heavy atom. The van der Waals surface area contributed by atoms with Gasteiger partial charge >= 0.3 is 0 Å². The fraction of sp³-hybridized carbons (Fsp3) is 0.429. The van der Waals surface area contributed by atoms with E-state index in [9.17, 15) is 10.1 Å². The molecule has 0 saturated carbocycles. The first kappa shape index (κ1) is 14.5. The highest BCUT2D eigenvalue weighted by Crippen LogP contribution is 2.30. The number of nitrogens with one attached hydrogen (secondary N) is 1. The number of non-ortho nitro benzene ring substituents is 1. The maximum atomic E-state index is 11.1. The van der Waals surface area contributed by atoms with Crippen molar-refractivity contribution in [2.75, 3.05) is 6.54 Å². The lowest BCUT2D eigenvalue weighted by Gasteiger charge is -2.20. The molecule has 0 saturated heterocycles. The number of nitrogens with two attached hydrogens (primary N) is 1. The topological polar surface area (TPSA) is 90.4 Å². The van der Waals surface area contributed by atoms with Gasteiger partial charge in [-0.05, 0) is 23.1 Å². The summed E-state index contributed by atoms with van der Waals surface area (Å²) in [4.78, 5) is 16.0. The molecule has 6 heteroatoms. The smallest absolute Gasteiger partial charge is 0.270 e. The number of hydrogen-bond donors (Lipinski definition) is 2. The van der Waals surface area contributed by atoms with Gasteiger partial charge < -0.3 is 5.73 Å². The number of nitro groups is 1. The summed E-state index contributed by atoms with van der Waals surface area (Å²) in [6, 6.07) is 5.09. The first-order valence-electron chi connectivity index (χ1n) is 6.45. The average molecular weight is 277 g/mol. The van der Waals surface area contributed by atoms with Crippen LogP contribution in [0.15, 0.2) is 24.3 Å². The van der Waals surface area contributed by atoms with Crippen LogP contribution >= 0.6 is 0 Å². The molecule has 0 aliphatic carbocycles. The summed E-state index contributed by atoms with van der Waals surface area (Å²) in [6.07, 6.45) is 1.63. The Morgan fingerprint density at radius 1 is 1.40 bits per heavy atom. The molecule has 6 nitrogen and oxygen atoms in total. The van der Waals surface area contributed by atoms with Crippen LogP contribution in [-0.4, -0.2) is 17.6 Å². The van der Waals surface area contributed by atoms with Crippen molar-refractivity contribution in [3.63, 3.8) is 0 Å². The quantitative estimate of drug-likeness (QED) is 0.652. The van der Waals surface area contributed by atoms with Crippen LogP contribution in [-0.2, 0) is 10.3 Å². The van der Waals surface area contributed by atoms with Crippen LogP contribution in [0.2, 0.25) is 0 Å². The molecule has 3 N–H and O–H groups in total. The largest absolute Gasteiger partial charge is 0.328 e. The molecule has 1 aromatic rings. The second kappa shape index (κ2) is 5.22. The summed E-state index contributed by atoms with van der Waals surface area (Å²) in [5.74, 6) is 0. The van der Waals surface area contributed by atoms with E-state index in [0.29, 0.717) is 6.54 Å². The molecule has 1 aliphatic heterocycles. The molecule has 20 heavy (non-hydrogen) atoms. The fourth-order valence-corrected chi connectivity index (χ4v) is 1.97. The minimum absolute atomic E-state index is 0.0753. The number of nitro benzene ring substituents is 1. The molecule has 0 bridgehead atoms. The van der Waals surface area contributed by atoms with E-state index in [4.69, 9.17) is 10.6 Å². The first-order valence-corrected chi connectivity index (χ1v) is 6.45. The van der Waals surface area contributed by atoms with Crippen molar-refractivity contribution in [1.82, 2.24) is 5.48 Å². The summed E-state index contributed by atoms with van der Waals surface area (Å²) in [6.45, 7) is 6.42. The third kappa shape index (κ3) is 2.97. The van der Waals surface area contributed by atoms with Gasteiger partial charge in [0.15, 0.2) is 0 Å². The first-order chi connectivity index (χ1) is 9.31. The Bertz CT molecular complexity index is 561. The summed E-state index contributed by atoms with van der Waals surface area (Å²) >= 11 is 0. The van der Waals surface area contributed by atoms with Gasteiger partial charge in [-0.1, -0.05) is 20.8 Å². The summed E-state index contributed by atoms with van der Waals surface area (Å²) < 4.78 is 0. The number of hydroxylamine groups is 1. The second-order valence-corrected chi connectivity index (χ2v) is 5.85.